The van der Waals surface area contributed by atoms with Crippen molar-refractivity contribution in [3.8, 4) is 0 Å². The third-order valence-corrected chi connectivity index (χ3v) is 5.02. The number of nitrogens with zero attached hydrogens (tertiary/aromatic N) is 2. The topological polar surface area (TPSA) is 78.9 Å². The number of aromatic nitrogens is 2. The quantitative estimate of drug-likeness (QED) is 0.302. The summed E-state index contributed by atoms with van der Waals surface area (Å²) in [5.74, 6) is 0.680. The molecular weight excluding hydrogens is 433 g/mol. The zero-order valence-corrected chi connectivity index (χ0v) is 18.1. The number of anilines is 3. The van der Waals surface area contributed by atoms with Gasteiger partial charge in [-0.1, -0.05) is 29.8 Å². The molecule has 1 aromatic heterocycles. The highest BCUT2D eigenvalue weighted by Crippen LogP contribution is 2.24. The molecule has 0 aliphatic rings. The van der Waals surface area contributed by atoms with E-state index in [0.717, 1.165) is 22.0 Å². The van der Waals surface area contributed by atoms with E-state index in [0.29, 0.717) is 28.8 Å². The van der Waals surface area contributed by atoms with E-state index in [-0.39, 0.29) is 11.3 Å². The summed E-state index contributed by atoms with van der Waals surface area (Å²) in [4.78, 5) is 20.8. The molecule has 0 fully saturated rings. The maximum Gasteiger partial charge on any atom is 0.323 e. The van der Waals surface area contributed by atoms with E-state index >= 15 is 0 Å². The van der Waals surface area contributed by atoms with Gasteiger partial charge in [-0.15, -0.1) is 0 Å². The molecule has 0 bridgehead atoms. The Morgan fingerprint density at radius 1 is 0.871 bits per heavy atom. The number of nitrogens with one attached hydrogen (secondary N) is 3. The monoisotopic (exact) mass is 451 g/mol. The SMILES string of the molecule is Cc1ccc2c(NCc3ccc(NC(=O)Nc4ccc(Cl)cc4)cc3)nc(Cl)nc2c1. The van der Waals surface area contributed by atoms with E-state index in [4.69, 9.17) is 23.2 Å². The van der Waals surface area contributed by atoms with Crippen LogP contribution in [-0.4, -0.2) is 16.0 Å². The molecule has 2 amide bonds. The van der Waals surface area contributed by atoms with Crippen LogP contribution in [-0.2, 0) is 6.54 Å². The van der Waals surface area contributed by atoms with E-state index in [1.807, 2.05) is 49.4 Å². The fraction of sp³-hybridized carbons (Fsp3) is 0.0870. The zero-order valence-electron chi connectivity index (χ0n) is 16.6. The lowest BCUT2D eigenvalue weighted by Gasteiger charge is -2.11. The molecule has 3 N–H and O–H groups in total. The predicted octanol–water partition coefficient (Wildman–Crippen LogP) is 6.50. The predicted molar refractivity (Wildman–Crippen MR) is 127 cm³/mol. The van der Waals surface area contributed by atoms with E-state index in [1.54, 1.807) is 24.3 Å². The molecule has 0 unspecified atom stereocenters. The van der Waals surface area contributed by atoms with Gasteiger partial charge in [-0.05, 0) is 78.2 Å². The van der Waals surface area contributed by atoms with Crippen LogP contribution >= 0.6 is 23.2 Å². The average molecular weight is 452 g/mol. The molecule has 0 aliphatic heterocycles. The minimum atomic E-state index is -0.328. The molecule has 0 saturated heterocycles. The van der Waals surface area contributed by atoms with Crippen molar-refractivity contribution in [2.45, 2.75) is 13.5 Å². The van der Waals surface area contributed by atoms with Gasteiger partial charge < -0.3 is 16.0 Å². The second-order valence-electron chi connectivity index (χ2n) is 7.00. The number of carbonyl (C=O) groups excluding carboxylic acids is 1. The summed E-state index contributed by atoms with van der Waals surface area (Å²) in [6, 6.07) is 20.1. The highest BCUT2D eigenvalue weighted by Gasteiger charge is 2.07. The molecule has 0 aliphatic carbocycles. The Bertz CT molecular complexity index is 1220. The Labute approximate surface area is 189 Å². The fourth-order valence-electron chi connectivity index (χ4n) is 3.06. The number of hydrogen-bond donors (Lipinski definition) is 3. The molecule has 0 saturated carbocycles. The molecule has 4 rings (SSSR count). The van der Waals surface area contributed by atoms with Crippen LogP contribution in [0.3, 0.4) is 0 Å². The summed E-state index contributed by atoms with van der Waals surface area (Å²) < 4.78 is 0. The van der Waals surface area contributed by atoms with Gasteiger partial charge in [-0.25, -0.2) is 14.8 Å². The number of benzene rings is 3. The highest BCUT2D eigenvalue weighted by atomic mass is 35.5. The van der Waals surface area contributed by atoms with Crippen LogP contribution in [0.4, 0.5) is 22.0 Å². The van der Waals surface area contributed by atoms with Crippen molar-refractivity contribution in [2.24, 2.45) is 0 Å². The van der Waals surface area contributed by atoms with Crippen molar-refractivity contribution in [1.82, 2.24) is 9.97 Å². The second kappa shape index (κ2) is 9.20. The molecule has 4 aromatic rings. The molecule has 3 aromatic carbocycles. The Balaban J connectivity index is 1.38. The lowest BCUT2D eigenvalue weighted by atomic mass is 10.1. The third kappa shape index (κ3) is 5.42. The lowest BCUT2D eigenvalue weighted by molar-refractivity contribution is 0.262. The molecule has 0 atom stereocenters. The van der Waals surface area contributed by atoms with E-state index in [2.05, 4.69) is 25.9 Å². The number of urea groups is 1. The average Bonchev–Trinajstić information content (AvgIpc) is 2.74. The highest BCUT2D eigenvalue weighted by molar-refractivity contribution is 6.30. The Morgan fingerprint density at radius 2 is 1.52 bits per heavy atom. The van der Waals surface area contributed by atoms with Crippen LogP contribution in [0, 0.1) is 6.92 Å². The summed E-state index contributed by atoms with van der Waals surface area (Å²) in [6.45, 7) is 2.56. The van der Waals surface area contributed by atoms with Crippen molar-refractivity contribution in [1.29, 1.82) is 0 Å². The number of carbonyl (C=O) groups is 1. The maximum atomic E-state index is 12.1. The molecular formula is C23H19Cl2N5O. The molecule has 0 radical (unpaired) electrons. The fourth-order valence-corrected chi connectivity index (χ4v) is 3.37. The van der Waals surface area contributed by atoms with Crippen LogP contribution in [0.25, 0.3) is 10.9 Å². The number of halogens is 2. The minimum absolute atomic E-state index is 0.201. The number of aryl methyl sites for hydroxylation is 1. The number of hydrogen-bond acceptors (Lipinski definition) is 4. The van der Waals surface area contributed by atoms with Gasteiger partial charge in [0, 0.05) is 28.3 Å². The van der Waals surface area contributed by atoms with Crippen LogP contribution in [0.1, 0.15) is 11.1 Å². The van der Waals surface area contributed by atoms with Crippen LogP contribution < -0.4 is 16.0 Å². The van der Waals surface area contributed by atoms with Gasteiger partial charge in [-0.2, -0.15) is 0 Å². The summed E-state index contributed by atoms with van der Waals surface area (Å²) in [6.07, 6.45) is 0. The third-order valence-electron chi connectivity index (χ3n) is 4.60. The zero-order chi connectivity index (χ0) is 21.8. The Morgan fingerprint density at radius 3 is 2.19 bits per heavy atom. The molecule has 31 heavy (non-hydrogen) atoms. The summed E-state index contributed by atoms with van der Waals surface area (Å²) in [5.41, 5.74) is 4.28. The normalized spacial score (nSPS) is 10.7. The molecule has 8 heteroatoms. The minimum Gasteiger partial charge on any atom is -0.365 e. The first-order valence-electron chi connectivity index (χ1n) is 9.56. The van der Waals surface area contributed by atoms with Crippen LogP contribution in [0.5, 0.6) is 0 Å². The van der Waals surface area contributed by atoms with Gasteiger partial charge in [-0.3, -0.25) is 0 Å². The van der Waals surface area contributed by atoms with E-state index < -0.39 is 0 Å². The maximum absolute atomic E-state index is 12.1. The summed E-state index contributed by atoms with van der Waals surface area (Å²) in [5, 5.41) is 10.6. The molecule has 6 nitrogen and oxygen atoms in total. The number of amides is 2. The van der Waals surface area contributed by atoms with Crippen molar-refractivity contribution < 1.29 is 4.79 Å². The first-order valence-corrected chi connectivity index (χ1v) is 10.3. The van der Waals surface area contributed by atoms with Gasteiger partial charge >= 0.3 is 6.03 Å². The smallest absolute Gasteiger partial charge is 0.323 e. The van der Waals surface area contributed by atoms with E-state index in [1.165, 1.54) is 0 Å². The van der Waals surface area contributed by atoms with Gasteiger partial charge in [0.25, 0.3) is 0 Å². The van der Waals surface area contributed by atoms with Crippen molar-refractivity contribution in [2.75, 3.05) is 16.0 Å². The van der Waals surface area contributed by atoms with Crippen molar-refractivity contribution in [3.63, 3.8) is 0 Å². The summed E-state index contributed by atoms with van der Waals surface area (Å²) in [7, 11) is 0. The van der Waals surface area contributed by atoms with Gasteiger partial charge in [0.1, 0.15) is 5.82 Å². The van der Waals surface area contributed by atoms with E-state index in [9.17, 15) is 4.79 Å². The molecule has 156 valence electrons. The molecule has 0 spiro atoms. The number of rotatable bonds is 5. The van der Waals surface area contributed by atoms with Gasteiger partial charge in [0.15, 0.2) is 0 Å². The summed E-state index contributed by atoms with van der Waals surface area (Å²) >= 11 is 11.9. The number of fused-ring (bicyclic) bond motifs is 1. The lowest BCUT2D eigenvalue weighted by Crippen LogP contribution is -2.19. The van der Waals surface area contributed by atoms with Crippen LogP contribution in [0.15, 0.2) is 66.7 Å². The van der Waals surface area contributed by atoms with Gasteiger partial charge in [0.2, 0.25) is 5.28 Å². The van der Waals surface area contributed by atoms with Crippen molar-refractivity contribution >= 4 is 57.3 Å². The Hall–Kier alpha value is -3.35. The first-order chi connectivity index (χ1) is 15.0. The largest absolute Gasteiger partial charge is 0.365 e. The second-order valence-corrected chi connectivity index (χ2v) is 7.77. The Kier molecular flexibility index (Phi) is 6.21. The molecule has 1 heterocycles. The first kappa shape index (κ1) is 20.9. The standard InChI is InChI=1S/C23H19Cl2N5O/c1-14-2-11-19-20(12-14)29-22(25)30-21(19)26-13-15-3-7-17(8-4-15)27-23(31)28-18-9-5-16(24)6-10-18/h2-12H,13H2,1H3,(H,26,29,30)(H2,27,28,31). The van der Waals surface area contributed by atoms with Gasteiger partial charge in [0.05, 0.1) is 5.52 Å². The van der Waals surface area contributed by atoms with Crippen molar-refractivity contribution in [3.05, 3.63) is 88.2 Å². The van der Waals surface area contributed by atoms with Crippen LogP contribution in [0.2, 0.25) is 10.3 Å².